The molecule has 0 aliphatic carbocycles. The minimum absolute atomic E-state index is 0.0537. The second-order valence-corrected chi connectivity index (χ2v) is 4.19. The molecule has 0 bridgehead atoms. The number of phenols is 2. The van der Waals surface area contributed by atoms with E-state index in [1.54, 1.807) is 24.3 Å². The van der Waals surface area contributed by atoms with Crippen molar-refractivity contribution in [1.82, 2.24) is 0 Å². The summed E-state index contributed by atoms with van der Waals surface area (Å²) in [5.41, 5.74) is 0.868. The van der Waals surface area contributed by atoms with Crippen molar-refractivity contribution in [2.45, 2.75) is 0 Å². The first-order valence-corrected chi connectivity index (χ1v) is 5.83. The van der Waals surface area contributed by atoms with Gasteiger partial charge in [-0.2, -0.15) is 5.26 Å². The van der Waals surface area contributed by atoms with E-state index in [2.05, 4.69) is 0 Å². The number of hydrogen-bond acceptors (Lipinski definition) is 4. The highest BCUT2D eigenvalue weighted by Gasteiger charge is 2.19. The van der Waals surface area contributed by atoms with Crippen molar-refractivity contribution in [3.8, 4) is 17.6 Å². The highest BCUT2D eigenvalue weighted by atomic mass is 16.3. The molecule has 0 aliphatic heterocycles. The minimum atomic E-state index is -0.467. The molecule has 0 radical (unpaired) electrons. The van der Waals surface area contributed by atoms with Crippen molar-refractivity contribution in [2.24, 2.45) is 0 Å². The van der Waals surface area contributed by atoms with Gasteiger partial charge in [0, 0.05) is 13.1 Å². The third-order valence-corrected chi connectivity index (χ3v) is 2.90. The van der Waals surface area contributed by atoms with Crippen LogP contribution in [-0.2, 0) is 0 Å². The number of nitrogens with zero attached hydrogens (tertiary/aromatic N) is 2. The van der Waals surface area contributed by atoms with E-state index in [1.165, 1.54) is 24.1 Å². The maximum atomic E-state index is 12.3. The first kappa shape index (κ1) is 13.4. The Morgan fingerprint density at radius 1 is 1.20 bits per heavy atom. The number of amides is 1. The fourth-order valence-corrected chi connectivity index (χ4v) is 1.85. The normalized spacial score (nSPS) is 9.80. The summed E-state index contributed by atoms with van der Waals surface area (Å²) in [5.74, 6) is -0.902. The molecule has 5 heteroatoms. The average molecular weight is 268 g/mol. The van der Waals surface area contributed by atoms with E-state index in [1.807, 2.05) is 6.07 Å². The summed E-state index contributed by atoms with van der Waals surface area (Å²) in [4.78, 5) is 13.6. The largest absolute Gasteiger partial charge is 0.508 e. The molecule has 2 aromatic rings. The Morgan fingerprint density at radius 2 is 1.90 bits per heavy atom. The average Bonchev–Trinajstić information content (AvgIpc) is 2.45. The number of anilines is 1. The van der Waals surface area contributed by atoms with Gasteiger partial charge in [-0.15, -0.1) is 0 Å². The number of aromatic hydroxyl groups is 2. The molecular formula is C15H12N2O3. The highest BCUT2D eigenvalue weighted by molar-refractivity contribution is 6.08. The van der Waals surface area contributed by atoms with Crippen LogP contribution in [0.2, 0.25) is 0 Å². The Balaban J connectivity index is 2.41. The van der Waals surface area contributed by atoms with Crippen LogP contribution in [0.25, 0.3) is 0 Å². The molecule has 0 fully saturated rings. The molecule has 0 aromatic heterocycles. The third-order valence-electron chi connectivity index (χ3n) is 2.90. The Morgan fingerprint density at radius 3 is 2.55 bits per heavy atom. The van der Waals surface area contributed by atoms with Crippen LogP contribution in [0.4, 0.5) is 5.69 Å². The van der Waals surface area contributed by atoms with Crippen LogP contribution in [0.3, 0.4) is 0 Å². The van der Waals surface area contributed by atoms with Crippen LogP contribution in [0.1, 0.15) is 15.9 Å². The summed E-state index contributed by atoms with van der Waals surface area (Å²) in [6.45, 7) is 0. The predicted molar refractivity (Wildman–Crippen MR) is 73.7 cm³/mol. The standard InChI is InChI=1S/C15H12N2O3/c1-17(13-5-3-2-4-10(13)9-16)15(20)12-7-6-11(18)8-14(12)19/h2-8,18-19H,1H3. The molecular weight excluding hydrogens is 256 g/mol. The molecule has 0 aliphatic rings. The number of rotatable bonds is 2. The van der Waals surface area contributed by atoms with Gasteiger partial charge in [0.2, 0.25) is 0 Å². The number of benzene rings is 2. The van der Waals surface area contributed by atoms with Crippen LogP contribution >= 0.6 is 0 Å². The second kappa shape index (κ2) is 5.33. The number of hydrogen-bond donors (Lipinski definition) is 2. The summed E-state index contributed by atoms with van der Waals surface area (Å²) in [5, 5.41) is 28.0. The van der Waals surface area contributed by atoms with Gasteiger partial charge in [-0.3, -0.25) is 4.79 Å². The van der Waals surface area contributed by atoms with Gasteiger partial charge in [0.15, 0.2) is 0 Å². The molecule has 100 valence electrons. The first-order chi connectivity index (χ1) is 9.54. The Hall–Kier alpha value is -3.00. The van der Waals surface area contributed by atoms with Crippen molar-refractivity contribution in [1.29, 1.82) is 5.26 Å². The lowest BCUT2D eigenvalue weighted by Gasteiger charge is -2.19. The molecule has 0 atom stereocenters. The van der Waals surface area contributed by atoms with Crippen molar-refractivity contribution >= 4 is 11.6 Å². The lowest BCUT2D eigenvalue weighted by atomic mass is 10.1. The lowest BCUT2D eigenvalue weighted by Crippen LogP contribution is -2.27. The maximum absolute atomic E-state index is 12.3. The van der Waals surface area contributed by atoms with Crippen LogP contribution in [0, 0.1) is 11.3 Å². The fraction of sp³-hybridized carbons (Fsp3) is 0.0667. The van der Waals surface area contributed by atoms with E-state index >= 15 is 0 Å². The molecule has 0 heterocycles. The van der Waals surface area contributed by atoms with Gasteiger partial charge in [0.25, 0.3) is 5.91 Å². The second-order valence-electron chi connectivity index (χ2n) is 4.19. The van der Waals surface area contributed by atoms with E-state index in [9.17, 15) is 15.0 Å². The van der Waals surface area contributed by atoms with Crippen molar-refractivity contribution in [3.63, 3.8) is 0 Å². The number of nitriles is 1. The van der Waals surface area contributed by atoms with E-state index in [0.29, 0.717) is 11.3 Å². The molecule has 0 saturated heterocycles. The summed E-state index contributed by atoms with van der Waals surface area (Å²) in [6.07, 6.45) is 0. The Kier molecular flexibility index (Phi) is 3.58. The highest BCUT2D eigenvalue weighted by Crippen LogP contribution is 2.26. The lowest BCUT2D eigenvalue weighted by molar-refractivity contribution is 0.0990. The van der Waals surface area contributed by atoms with Crippen molar-refractivity contribution < 1.29 is 15.0 Å². The number of phenolic OH excluding ortho intramolecular Hbond substituents is 2. The smallest absolute Gasteiger partial charge is 0.261 e. The van der Waals surface area contributed by atoms with Crippen molar-refractivity contribution in [2.75, 3.05) is 11.9 Å². The van der Waals surface area contributed by atoms with Gasteiger partial charge in [-0.25, -0.2) is 0 Å². The summed E-state index contributed by atoms with van der Waals surface area (Å²) < 4.78 is 0. The van der Waals surface area contributed by atoms with Crippen LogP contribution < -0.4 is 4.90 Å². The van der Waals surface area contributed by atoms with E-state index in [4.69, 9.17) is 5.26 Å². The summed E-state index contributed by atoms with van der Waals surface area (Å²) in [7, 11) is 1.52. The van der Waals surface area contributed by atoms with Gasteiger partial charge in [-0.1, -0.05) is 12.1 Å². The SMILES string of the molecule is CN(C(=O)c1ccc(O)cc1O)c1ccccc1C#N. The number of para-hydroxylation sites is 1. The molecule has 2 N–H and O–H groups in total. The minimum Gasteiger partial charge on any atom is -0.508 e. The summed E-state index contributed by atoms with van der Waals surface area (Å²) >= 11 is 0. The molecule has 0 saturated carbocycles. The molecule has 2 aromatic carbocycles. The zero-order chi connectivity index (χ0) is 14.7. The predicted octanol–water partition coefficient (Wildman–Crippen LogP) is 2.25. The molecule has 2 rings (SSSR count). The Bertz CT molecular complexity index is 705. The molecule has 0 unspecified atom stereocenters. The van der Waals surface area contributed by atoms with Crippen LogP contribution in [-0.4, -0.2) is 23.2 Å². The van der Waals surface area contributed by atoms with Gasteiger partial charge < -0.3 is 15.1 Å². The van der Waals surface area contributed by atoms with Gasteiger partial charge in [0.1, 0.15) is 17.6 Å². The number of carbonyl (C=O) groups is 1. The van der Waals surface area contributed by atoms with E-state index in [-0.39, 0.29) is 17.1 Å². The van der Waals surface area contributed by atoms with Crippen molar-refractivity contribution in [3.05, 3.63) is 53.6 Å². The number of carbonyl (C=O) groups excluding carboxylic acids is 1. The first-order valence-electron chi connectivity index (χ1n) is 5.83. The fourth-order valence-electron chi connectivity index (χ4n) is 1.85. The van der Waals surface area contributed by atoms with Gasteiger partial charge in [0.05, 0.1) is 16.8 Å². The quantitative estimate of drug-likeness (QED) is 0.874. The molecule has 1 amide bonds. The topological polar surface area (TPSA) is 84.6 Å². The zero-order valence-electron chi connectivity index (χ0n) is 10.7. The third kappa shape index (κ3) is 2.40. The molecule has 20 heavy (non-hydrogen) atoms. The van der Waals surface area contributed by atoms with Crippen LogP contribution in [0.15, 0.2) is 42.5 Å². The summed E-state index contributed by atoms with van der Waals surface area (Å²) in [6, 6.07) is 12.4. The van der Waals surface area contributed by atoms with E-state index < -0.39 is 5.91 Å². The maximum Gasteiger partial charge on any atom is 0.261 e. The zero-order valence-corrected chi connectivity index (χ0v) is 10.7. The molecule has 0 spiro atoms. The molecule has 5 nitrogen and oxygen atoms in total. The van der Waals surface area contributed by atoms with Crippen LogP contribution in [0.5, 0.6) is 11.5 Å². The van der Waals surface area contributed by atoms with Gasteiger partial charge in [-0.05, 0) is 24.3 Å². The monoisotopic (exact) mass is 268 g/mol. The van der Waals surface area contributed by atoms with Gasteiger partial charge >= 0.3 is 0 Å². The Labute approximate surface area is 115 Å². The van der Waals surface area contributed by atoms with E-state index in [0.717, 1.165) is 6.07 Å².